The molecule has 0 radical (unpaired) electrons. The van der Waals surface area contributed by atoms with Gasteiger partial charge in [0.05, 0.1) is 11.5 Å². The number of rotatable bonds is 4. The van der Waals surface area contributed by atoms with Crippen LogP contribution in [0, 0.1) is 5.92 Å². The van der Waals surface area contributed by atoms with Crippen molar-refractivity contribution in [1.82, 2.24) is 0 Å². The van der Waals surface area contributed by atoms with Gasteiger partial charge < -0.3 is 10.1 Å². The fourth-order valence-electron chi connectivity index (χ4n) is 2.66. The molecule has 1 aliphatic rings. The molecule has 1 aliphatic carbocycles. The summed E-state index contributed by atoms with van der Waals surface area (Å²) in [4.78, 5) is 24.4. The Balaban J connectivity index is 1.60. The fraction of sp³-hybridized carbons (Fsp3) is 0.200. The average Bonchev–Trinajstić information content (AvgIpc) is 2.64. The number of allylic oxidation sites excluding steroid dienone is 2. The number of esters is 1. The summed E-state index contributed by atoms with van der Waals surface area (Å²) in [6, 6.07) is 14.0. The van der Waals surface area contributed by atoms with Crippen LogP contribution in [0.1, 0.15) is 29.6 Å². The monoisotopic (exact) mass is 399 g/mol. The molecule has 0 heterocycles. The molecule has 0 spiro atoms. The molecule has 1 N–H and O–H groups in total. The standard InChI is InChI=1S/C20H18BrNO3/c21-18-9-5-4-8-17(18)19(23)22-15-10-12-16(13-11-15)25-20(24)14-6-2-1-3-7-14/h1-2,4-5,8-14H,3,6-7H2,(H,22,23)/t14-/m0/s1. The van der Waals surface area contributed by atoms with Crippen molar-refractivity contribution in [2.75, 3.05) is 5.32 Å². The van der Waals surface area contributed by atoms with Gasteiger partial charge in [-0.3, -0.25) is 9.59 Å². The molecule has 128 valence electrons. The van der Waals surface area contributed by atoms with Gasteiger partial charge in [0.2, 0.25) is 0 Å². The Labute approximate surface area is 155 Å². The van der Waals surface area contributed by atoms with Crippen LogP contribution in [0.5, 0.6) is 5.75 Å². The number of hydrogen-bond donors (Lipinski definition) is 1. The normalized spacial score (nSPS) is 16.3. The van der Waals surface area contributed by atoms with Gasteiger partial charge >= 0.3 is 5.97 Å². The van der Waals surface area contributed by atoms with E-state index in [1.807, 2.05) is 24.3 Å². The number of amides is 1. The highest BCUT2D eigenvalue weighted by molar-refractivity contribution is 9.10. The van der Waals surface area contributed by atoms with Crippen LogP contribution in [-0.4, -0.2) is 11.9 Å². The first-order chi connectivity index (χ1) is 12.1. The van der Waals surface area contributed by atoms with Crippen LogP contribution in [0.2, 0.25) is 0 Å². The first-order valence-corrected chi connectivity index (χ1v) is 8.95. The lowest BCUT2D eigenvalue weighted by atomic mass is 9.95. The Kier molecular flexibility index (Phi) is 5.66. The average molecular weight is 400 g/mol. The lowest BCUT2D eigenvalue weighted by Gasteiger charge is -2.16. The van der Waals surface area contributed by atoms with Gasteiger partial charge in [0.25, 0.3) is 5.91 Å². The molecule has 4 nitrogen and oxygen atoms in total. The number of nitrogens with one attached hydrogen (secondary N) is 1. The van der Waals surface area contributed by atoms with Crippen molar-refractivity contribution in [1.29, 1.82) is 0 Å². The van der Waals surface area contributed by atoms with Gasteiger partial charge in [-0.05, 0) is 71.6 Å². The highest BCUT2D eigenvalue weighted by Crippen LogP contribution is 2.23. The summed E-state index contributed by atoms with van der Waals surface area (Å²) in [7, 11) is 0. The molecular formula is C20H18BrNO3. The fourth-order valence-corrected chi connectivity index (χ4v) is 3.12. The summed E-state index contributed by atoms with van der Waals surface area (Å²) in [6.45, 7) is 0. The smallest absolute Gasteiger partial charge is 0.314 e. The SMILES string of the molecule is O=C(Nc1ccc(OC(=O)[C@H]2CC=CCC2)cc1)c1ccccc1Br. The van der Waals surface area contributed by atoms with Crippen molar-refractivity contribution in [2.24, 2.45) is 5.92 Å². The summed E-state index contributed by atoms with van der Waals surface area (Å²) in [5.74, 6) is 0.0128. The molecule has 2 aromatic carbocycles. The third kappa shape index (κ3) is 4.57. The van der Waals surface area contributed by atoms with Crippen LogP contribution in [0.25, 0.3) is 0 Å². The maximum absolute atomic E-state index is 12.3. The van der Waals surface area contributed by atoms with Gasteiger partial charge in [0.15, 0.2) is 0 Å². The van der Waals surface area contributed by atoms with Gasteiger partial charge in [0, 0.05) is 10.2 Å². The van der Waals surface area contributed by atoms with Crippen LogP contribution >= 0.6 is 15.9 Å². The van der Waals surface area contributed by atoms with E-state index in [1.165, 1.54) is 0 Å². The predicted octanol–water partition coefficient (Wildman–Crippen LogP) is 4.96. The van der Waals surface area contributed by atoms with E-state index in [9.17, 15) is 9.59 Å². The Morgan fingerprint density at radius 3 is 2.48 bits per heavy atom. The van der Waals surface area contributed by atoms with Crippen LogP contribution in [0.15, 0.2) is 65.2 Å². The number of benzene rings is 2. The van der Waals surface area contributed by atoms with Crippen LogP contribution < -0.4 is 10.1 Å². The van der Waals surface area contributed by atoms with E-state index in [2.05, 4.69) is 27.3 Å². The molecule has 1 amide bonds. The molecule has 0 aliphatic heterocycles. The van der Waals surface area contributed by atoms with E-state index in [-0.39, 0.29) is 17.8 Å². The quantitative estimate of drug-likeness (QED) is 0.448. The highest BCUT2D eigenvalue weighted by atomic mass is 79.9. The second-order valence-electron chi connectivity index (χ2n) is 5.86. The maximum Gasteiger partial charge on any atom is 0.314 e. The third-order valence-electron chi connectivity index (χ3n) is 4.05. The topological polar surface area (TPSA) is 55.4 Å². The zero-order chi connectivity index (χ0) is 17.6. The van der Waals surface area contributed by atoms with Crippen LogP contribution in [-0.2, 0) is 4.79 Å². The molecule has 2 aromatic rings. The number of anilines is 1. The molecule has 25 heavy (non-hydrogen) atoms. The van der Waals surface area contributed by atoms with Crippen molar-refractivity contribution < 1.29 is 14.3 Å². The second-order valence-corrected chi connectivity index (χ2v) is 6.72. The van der Waals surface area contributed by atoms with E-state index in [1.54, 1.807) is 30.3 Å². The molecule has 0 unspecified atom stereocenters. The first-order valence-electron chi connectivity index (χ1n) is 8.16. The van der Waals surface area contributed by atoms with Crippen molar-refractivity contribution in [3.05, 3.63) is 70.7 Å². The summed E-state index contributed by atoms with van der Waals surface area (Å²) < 4.78 is 6.16. The number of hydrogen-bond acceptors (Lipinski definition) is 3. The van der Waals surface area contributed by atoms with E-state index < -0.39 is 0 Å². The summed E-state index contributed by atoms with van der Waals surface area (Å²) in [5, 5.41) is 2.82. The Hall–Kier alpha value is -2.40. The first kappa shape index (κ1) is 17.4. The van der Waals surface area contributed by atoms with Gasteiger partial charge in [-0.2, -0.15) is 0 Å². The van der Waals surface area contributed by atoms with Gasteiger partial charge in [-0.25, -0.2) is 0 Å². The summed E-state index contributed by atoms with van der Waals surface area (Å²) in [5.41, 5.74) is 1.20. The minimum Gasteiger partial charge on any atom is -0.426 e. The zero-order valence-corrected chi connectivity index (χ0v) is 15.2. The molecular weight excluding hydrogens is 382 g/mol. The Morgan fingerprint density at radius 2 is 1.80 bits per heavy atom. The van der Waals surface area contributed by atoms with Gasteiger partial charge in [-0.15, -0.1) is 0 Å². The minimum absolute atomic E-state index is 0.0696. The van der Waals surface area contributed by atoms with E-state index in [4.69, 9.17) is 4.74 Å². The number of carbonyl (C=O) groups excluding carboxylic acids is 2. The lowest BCUT2D eigenvalue weighted by Crippen LogP contribution is -2.21. The molecule has 5 heteroatoms. The van der Waals surface area contributed by atoms with Crippen molar-refractivity contribution in [3.63, 3.8) is 0 Å². The molecule has 1 atom stereocenters. The van der Waals surface area contributed by atoms with Crippen LogP contribution in [0.3, 0.4) is 0 Å². The van der Waals surface area contributed by atoms with Crippen molar-refractivity contribution in [3.8, 4) is 5.75 Å². The third-order valence-corrected chi connectivity index (χ3v) is 4.74. The Morgan fingerprint density at radius 1 is 1.04 bits per heavy atom. The molecule has 0 bridgehead atoms. The largest absolute Gasteiger partial charge is 0.426 e. The highest BCUT2D eigenvalue weighted by Gasteiger charge is 2.20. The van der Waals surface area contributed by atoms with Crippen molar-refractivity contribution in [2.45, 2.75) is 19.3 Å². The number of ether oxygens (including phenoxy) is 1. The molecule has 0 aromatic heterocycles. The minimum atomic E-state index is -0.203. The molecule has 0 fully saturated rings. The molecule has 3 rings (SSSR count). The van der Waals surface area contributed by atoms with E-state index >= 15 is 0 Å². The summed E-state index contributed by atoms with van der Waals surface area (Å²) in [6.07, 6.45) is 6.59. The lowest BCUT2D eigenvalue weighted by molar-refractivity contribution is -0.139. The van der Waals surface area contributed by atoms with E-state index in [0.717, 1.165) is 23.7 Å². The maximum atomic E-state index is 12.3. The molecule has 0 saturated heterocycles. The number of halogens is 1. The van der Waals surface area contributed by atoms with Crippen molar-refractivity contribution >= 4 is 33.5 Å². The second kappa shape index (κ2) is 8.12. The van der Waals surface area contributed by atoms with E-state index in [0.29, 0.717) is 17.0 Å². The van der Waals surface area contributed by atoms with Gasteiger partial charge in [0.1, 0.15) is 5.75 Å². The summed E-state index contributed by atoms with van der Waals surface area (Å²) >= 11 is 3.36. The zero-order valence-electron chi connectivity index (χ0n) is 13.6. The predicted molar refractivity (Wildman–Crippen MR) is 101 cm³/mol. The van der Waals surface area contributed by atoms with Crippen LogP contribution in [0.4, 0.5) is 5.69 Å². The van der Waals surface area contributed by atoms with Gasteiger partial charge in [-0.1, -0.05) is 24.3 Å². The number of carbonyl (C=O) groups is 2. The molecule has 0 saturated carbocycles. The Bertz CT molecular complexity index is 799.